The monoisotopic (exact) mass is 373 g/mol. The van der Waals surface area contributed by atoms with Crippen LogP contribution in [0.1, 0.15) is 29.0 Å². The molecular weight excluding hydrogens is 355 g/mol. The van der Waals surface area contributed by atoms with Crippen LogP contribution in [0.2, 0.25) is 0 Å². The molecule has 2 aromatic carbocycles. The summed E-state index contributed by atoms with van der Waals surface area (Å²) >= 11 is 0. The first-order chi connectivity index (χ1) is 12.9. The predicted molar refractivity (Wildman–Crippen MR) is 95.1 cm³/mol. The first-order valence-corrected chi connectivity index (χ1v) is 8.75. The topological polar surface area (TPSA) is 48.3 Å². The zero-order valence-corrected chi connectivity index (χ0v) is 14.7. The highest BCUT2D eigenvalue weighted by atomic mass is 19.4. The van der Waals surface area contributed by atoms with Crippen LogP contribution in [0.5, 0.6) is 11.5 Å². The maximum absolute atomic E-state index is 13.8. The predicted octanol–water partition coefficient (Wildman–Crippen LogP) is 4.26. The molecule has 7 heteroatoms. The van der Waals surface area contributed by atoms with Gasteiger partial charge in [-0.3, -0.25) is 0 Å². The van der Waals surface area contributed by atoms with Crippen LogP contribution in [0, 0.1) is 11.3 Å². The average Bonchev–Trinajstić information content (AvgIpc) is 2.94. The van der Waals surface area contributed by atoms with Gasteiger partial charge in [0.1, 0.15) is 11.5 Å². The van der Waals surface area contributed by atoms with E-state index in [9.17, 15) is 13.2 Å². The second-order valence-corrected chi connectivity index (χ2v) is 6.92. The van der Waals surface area contributed by atoms with Crippen LogP contribution in [0.15, 0.2) is 36.4 Å². The summed E-state index contributed by atoms with van der Waals surface area (Å²) < 4.78 is 47.0. The van der Waals surface area contributed by atoms with Gasteiger partial charge in [0.2, 0.25) is 0 Å². The molecular formula is C20H18F3N3O. The molecule has 2 aliphatic heterocycles. The van der Waals surface area contributed by atoms with Crippen molar-refractivity contribution in [1.82, 2.24) is 5.32 Å². The summed E-state index contributed by atoms with van der Waals surface area (Å²) in [4.78, 5) is 1.77. The van der Waals surface area contributed by atoms with Crippen molar-refractivity contribution >= 4 is 5.69 Å². The number of rotatable bonds is 2. The van der Waals surface area contributed by atoms with Gasteiger partial charge in [-0.15, -0.1) is 0 Å². The highest BCUT2D eigenvalue weighted by Crippen LogP contribution is 2.50. The van der Waals surface area contributed by atoms with Gasteiger partial charge in [-0.1, -0.05) is 0 Å². The van der Waals surface area contributed by atoms with E-state index >= 15 is 0 Å². The first kappa shape index (κ1) is 17.7. The van der Waals surface area contributed by atoms with Crippen LogP contribution in [0.3, 0.4) is 0 Å². The molecule has 27 heavy (non-hydrogen) atoms. The number of fused-ring (bicyclic) bond motifs is 3. The maximum atomic E-state index is 13.8. The van der Waals surface area contributed by atoms with E-state index in [0.717, 1.165) is 19.0 Å². The summed E-state index contributed by atoms with van der Waals surface area (Å²) in [5, 5.41) is 12.1. The third kappa shape index (κ3) is 3.10. The SMILES string of the molecule is CN1c2c(cc(Oc3ccc(C#N)cc3)cc2C(F)(F)F)C2CNCCC21. The molecule has 0 radical (unpaired) electrons. The van der Waals surface area contributed by atoms with E-state index in [1.165, 1.54) is 0 Å². The molecule has 2 unspecified atom stereocenters. The van der Waals surface area contributed by atoms with E-state index in [0.29, 0.717) is 23.4 Å². The number of likely N-dealkylation sites (N-methyl/N-ethyl adjacent to an activating group) is 1. The Morgan fingerprint density at radius 3 is 2.59 bits per heavy atom. The molecule has 0 bridgehead atoms. The second kappa shape index (κ2) is 6.46. The van der Waals surface area contributed by atoms with Gasteiger partial charge in [-0.25, -0.2) is 0 Å². The molecule has 4 nitrogen and oxygen atoms in total. The van der Waals surface area contributed by atoms with Crippen molar-refractivity contribution in [3.05, 3.63) is 53.1 Å². The van der Waals surface area contributed by atoms with E-state index in [-0.39, 0.29) is 23.4 Å². The van der Waals surface area contributed by atoms with Crippen molar-refractivity contribution in [3.63, 3.8) is 0 Å². The number of nitrogens with zero attached hydrogens (tertiary/aromatic N) is 2. The van der Waals surface area contributed by atoms with Gasteiger partial charge < -0.3 is 15.0 Å². The van der Waals surface area contributed by atoms with Gasteiger partial charge in [0.15, 0.2) is 0 Å². The third-order valence-electron chi connectivity index (χ3n) is 5.33. The maximum Gasteiger partial charge on any atom is 0.418 e. The number of piperidine rings is 1. The zero-order valence-electron chi connectivity index (χ0n) is 14.7. The number of nitriles is 1. The van der Waals surface area contributed by atoms with E-state index in [2.05, 4.69) is 5.32 Å². The highest BCUT2D eigenvalue weighted by Gasteiger charge is 2.45. The molecule has 0 aliphatic carbocycles. The van der Waals surface area contributed by atoms with Crippen LogP contribution in [0.25, 0.3) is 0 Å². The number of hydrogen-bond acceptors (Lipinski definition) is 4. The van der Waals surface area contributed by atoms with E-state index in [1.54, 1.807) is 42.3 Å². The van der Waals surface area contributed by atoms with Gasteiger partial charge >= 0.3 is 6.18 Å². The largest absolute Gasteiger partial charge is 0.457 e. The molecule has 0 amide bonds. The van der Waals surface area contributed by atoms with Crippen LogP contribution < -0.4 is 15.0 Å². The lowest BCUT2D eigenvalue weighted by molar-refractivity contribution is -0.137. The fourth-order valence-corrected chi connectivity index (χ4v) is 4.11. The Kier molecular flexibility index (Phi) is 4.23. The summed E-state index contributed by atoms with van der Waals surface area (Å²) in [6, 6.07) is 11.2. The van der Waals surface area contributed by atoms with Gasteiger partial charge in [0.05, 0.1) is 22.9 Å². The number of anilines is 1. The van der Waals surface area contributed by atoms with Gasteiger partial charge in [-0.05, 0) is 54.9 Å². The molecule has 1 fully saturated rings. The summed E-state index contributed by atoms with van der Waals surface area (Å²) in [7, 11) is 1.74. The van der Waals surface area contributed by atoms with Crippen molar-refractivity contribution in [3.8, 4) is 17.6 Å². The molecule has 140 valence electrons. The average molecular weight is 373 g/mol. The number of halogens is 3. The third-order valence-corrected chi connectivity index (χ3v) is 5.33. The molecule has 2 aromatic rings. The number of ether oxygens (including phenoxy) is 1. The lowest BCUT2D eigenvalue weighted by atomic mass is 9.89. The molecule has 0 aromatic heterocycles. The van der Waals surface area contributed by atoms with Crippen LogP contribution in [0.4, 0.5) is 18.9 Å². The van der Waals surface area contributed by atoms with Gasteiger partial charge in [0.25, 0.3) is 0 Å². The number of nitrogens with one attached hydrogen (secondary N) is 1. The Bertz CT molecular complexity index is 902. The minimum absolute atomic E-state index is 0.00404. The van der Waals surface area contributed by atoms with Crippen molar-refractivity contribution in [1.29, 1.82) is 5.26 Å². The molecule has 0 saturated carbocycles. The van der Waals surface area contributed by atoms with Gasteiger partial charge in [0, 0.05) is 25.6 Å². The van der Waals surface area contributed by atoms with E-state index in [4.69, 9.17) is 10.00 Å². The van der Waals surface area contributed by atoms with E-state index in [1.807, 2.05) is 6.07 Å². The minimum atomic E-state index is -4.47. The van der Waals surface area contributed by atoms with Crippen LogP contribution in [-0.4, -0.2) is 26.2 Å². The Balaban J connectivity index is 1.77. The Morgan fingerprint density at radius 1 is 1.19 bits per heavy atom. The molecule has 2 heterocycles. The molecule has 1 N–H and O–H groups in total. The van der Waals surface area contributed by atoms with Crippen molar-refractivity contribution < 1.29 is 17.9 Å². The fourth-order valence-electron chi connectivity index (χ4n) is 4.11. The summed E-state index contributed by atoms with van der Waals surface area (Å²) in [6.45, 7) is 1.45. The number of benzene rings is 2. The normalized spacial score (nSPS) is 21.4. The Morgan fingerprint density at radius 2 is 1.93 bits per heavy atom. The standard InChI is InChI=1S/C20H18F3N3O/c1-26-18-6-7-25-11-16(18)15-8-14(9-17(19(15)26)20(21,22)23)27-13-4-2-12(10-24)3-5-13/h2-5,8-9,16,18,25H,6-7,11H2,1H3. The first-order valence-electron chi connectivity index (χ1n) is 8.75. The van der Waals surface area contributed by atoms with Crippen LogP contribution >= 0.6 is 0 Å². The van der Waals surface area contributed by atoms with E-state index < -0.39 is 11.7 Å². The minimum Gasteiger partial charge on any atom is -0.457 e. The summed E-state index contributed by atoms with van der Waals surface area (Å²) in [5.74, 6) is 0.557. The van der Waals surface area contributed by atoms with Crippen molar-refractivity contribution in [2.75, 3.05) is 25.0 Å². The fraction of sp³-hybridized carbons (Fsp3) is 0.350. The number of hydrogen-bond donors (Lipinski definition) is 1. The Hall–Kier alpha value is -2.72. The molecule has 2 atom stereocenters. The quantitative estimate of drug-likeness (QED) is 0.854. The van der Waals surface area contributed by atoms with Crippen molar-refractivity contribution in [2.24, 2.45) is 0 Å². The van der Waals surface area contributed by atoms with Crippen molar-refractivity contribution in [2.45, 2.75) is 24.6 Å². The lowest BCUT2D eigenvalue weighted by Gasteiger charge is -2.31. The molecule has 2 aliphatic rings. The Labute approximate surface area is 155 Å². The second-order valence-electron chi connectivity index (χ2n) is 6.92. The van der Waals surface area contributed by atoms with Crippen LogP contribution in [-0.2, 0) is 6.18 Å². The molecule has 1 saturated heterocycles. The lowest BCUT2D eigenvalue weighted by Crippen LogP contribution is -2.42. The molecule has 0 spiro atoms. The highest BCUT2D eigenvalue weighted by molar-refractivity contribution is 5.69. The zero-order chi connectivity index (χ0) is 19.2. The summed E-state index contributed by atoms with van der Waals surface area (Å²) in [5.41, 5.74) is 0.729. The molecule has 4 rings (SSSR count). The summed E-state index contributed by atoms with van der Waals surface area (Å²) in [6.07, 6.45) is -3.66. The smallest absolute Gasteiger partial charge is 0.418 e. The number of alkyl halides is 3. The van der Waals surface area contributed by atoms with Gasteiger partial charge in [-0.2, -0.15) is 18.4 Å².